The number of rotatable bonds is 3. The van der Waals surface area contributed by atoms with Crippen LogP contribution in [0.1, 0.15) is 12.8 Å². The van der Waals surface area contributed by atoms with Crippen LogP contribution in [-0.4, -0.2) is 23.0 Å². The fraction of sp³-hybridized carbons (Fsp3) is 0.667. The maximum absolute atomic E-state index is 12.1. The molecule has 2 atom stereocenters. The van der Waals surface area contributed by atoms with Crippen LogP contribution < -0.4 is 0 Å². The molecule has 4 heteroatoms. The molecular formula is C6H7FO3. The third kappa shape index (κ3) is 1.52. The molecule has 0 heterocycles. The van der Waals surface area contributed by atoms with E-state index in [1.54, 1.807) is 0 Å². The fourth-order valence-corrected chi connectivity index (χ4v) is 0.777. The van der Waals surface area contributed by atoms with Gasteiger partial charge >= 0.3 is 5.97 Å². The normalized spacial score (nSPS) is 29.7. The average molecular weight is 146 g/mol. The van der Waals surface area contributed by atoms with Gasteiger partial charge in [0.2, 0.25) is 0 Å². The second kappa shape index (κ2) is 2.36. The number of carbonyl (C=O) groups is 2. The van der Waals surface area contributed by atoms with E-state index in [0.717, 1.165) is 0 Å². The van der Waals surface area contributed by atoms with Crippen LogP contribution in [0.15, 0.2) is 0 Å². The van der Waals surface area contributed by atoms with Crippen LogP contribution in [-0.2, 0) is 9.59 Å². The summed E-state index contributed by atoms with van der Waals surface area (Å²) in [5.74, 6) is -2.28. The minimum atomic E-state index is -1.18. The molecule has 3 nitrogen and oxygen atoms in total. The summed E-state index contributed by atoms with van der Waals surface area (Å²) in [6.07, 6.45) is -1.40. The van der Waals surface area contributed by atoms with E-state index in [-0.39, 0.29) is 6.42 Å². The summed E-state index contributed by atoms with van der Waals surface area (Å²) in [5.41, 5.74) is 0. The van der Waals surface area contributed by atoms with Crippen LogP contribution in [0.3, 0.4) is 0 Å². The van der Waals surface area contributed by atoms with Crippen molar-refractivity contribution in [1.82, 2.24) is 0 Å². The van der Waals surface area contributed by atoms with Crippen LogP contribution in [0.4, 0.5) is 4.39 Å². The smallest absolute Gasteiger partial charge is 0.310 e. The summed E-state index contributed by atoms with van der Waals surface area (Å²) >= 11 is 0. The molecule has 0 aromatic rings. The molecule has 1 fully saturated rings. The van der Waals surface area contributed by atoms with E-state index in [0.29, 0.717) is 0 Å². The molecule has 0 aromatic heterocycles. The van der Waals surface area contributed by atoms with E-state index in [1.807, 2.05) is 0 Å². The van der Waals surface area contributed by atoms with E-state index in [2.05, 4.69) is 0 Å². The van der Waals surface area contributed by atoms with Crippen molar-refractivity contribution in [3.8, 4) is 0 Å². The van der Waals surface area contributed by atoms with Gasteiger partial charge in [0.1, 0.15) is 18.4 Å². The van der Waals surface area contributed by atoms with Crippen molar-refractivity contribution in [2.75, 3.05) is 0 Å². The van der Waals surface area contributed by atoms with Crippen LogP contribution in [0.2, 0.25) is 0 Å². The Labute approximate surface area is 56.8 Å². The number of aliphatic carboxylic acids is 1. The van der Waals surface area contributed by atoms with Gasteiger partial charge in [0, 0.05) is 0 Å². The van der Waals surface area contributed by atoms with Crippen LogP contribution in [0, 0.1) is 5.92 Å². The van der Waals surface area contributed by atoms with Crippen LogP contribution in [0.25, 0.3) is 0 Å². The van der Waals surface area contributed by atoms with E-state index >= 15 is 0 Å². The summed E-state index contributed by atoms with van der Waals surface area (Å²) in [7, 11) is 0. The molecule has 0 aliphatic heterocycles. The largest absolute Gasteiger partial charge is 0.481 e. The van der Waals surface area contributed by atoms with Crippen molar-refractivity contribution in [1.29, 1.82) is 0 Å². The third-order valence-electron chi connectivity index (χ3n) is 1.45. The Hall–Kier alpha value is -0.930. The van der Waals surface area contributed by atoms with Crippen molar-refractivity contribution in [2.24, 2.45) is 5.92 Å². The number of ketones is 1. The van der Waals surface area contributed by atoms with E-state index in [9.17, 15) is 14.0 Å². The van der Waals surface area contributed by atoms with Crippen molar-refractivity contribution in [3.63, 3.8) is 0 Å². The first kappa shape index (κ1) is 7.18. The first-order valence-electron chi connectivity index (χ1n) is 3.00. The fourth-order valence-electron chi connectivity index (χ4n) is 0.777. The van der Waals surface area contributed by atoms with Gasteiger partial charge in [0.05, 0.1) is 5.92 Å². The maximum Gasteiger partial charge on any atom is 0.310 e. The third-order valence-corrected chi connectivity index (χ3v) is 1.45. The van der Waals surface area contributed by atoms with E-state index in [4.69, 9.17) is 5.11 Å². The Morgan fingerprint density at radius 1 is 1.60 bits per heavy atom. The van der Waals surface area contributed by atoms with Crippen molar-refractivity contribution in [2.45, 2.75) is 19.0 Å². The average Bonchev–Trinajstić information content (AvgIpc) is 2.44. The first-order chi connectivity index (χ1) is 4.61. The monoisotopic (exact) mass is 146 g/mol. The molecule has 10 heavy (non-hydrogen) atoms. The minimum absolute atomic E-state index is 0.214. The highest BCUT2D eigenvalue weighted by atomic mass is 19.1. The van der Waals surface area contributed by atoms with Gasteiger partial charge in [-0.3, -0.25) is 9.59 Å². The van der Waals surface area contributed by atoms with Gasteiger partial charge in [-0.1, -0.05) is 0 Å². The lowest BCUT2D eigenvalue weighted by Crippen LogP contribution is -2.09. The molecule has 1 saturated carbocycles. The summed E-state index contributed by atoms with van der Waals surface area (Å²) < 4.78 is 12.1. The lowest BCUT2D eigenvalue weighted by molar-refractivity contribution is -0.140. The topological polar surface area (TPSA) is 54.4 Å². The highest BCUT2D eigenvalue weighted by Crippen LogP contribution is 2.35. The minimum Gasteiger partial charge on any atom is -0.481 e. The van der Waals surface area contributed by atoms with Gasteiger partial charge in [0.25, 0.3) is 0 Å². The molecule has 1 rings (SSSR count). The Bertz CT molecular complexity index is 178. The number of carbonyl (C=O) groups excluding carboxylic acids is 1. The van der Waals surface area contributed by atoms with Crippen LogP contribution >= 0.6 is 0 Å². The summed E-state index contributed by atoms with van der Waals surface area (Å²) in [5, 5.41) is 8.10. The molecule has 56 valence electrons. The molecule has 0 unspecified atom stereocenters. The first-order valence-corrected chi connectivity index (χ1v) is 3.00. The van der Waals surface area contributed by atoms with Crippen molar-refractivity contribution < 1.29 is 19.1 Å². The number of alkyl halides is 1. The quantitative estimate of drug-likeness (QED) is 0.586. The predicted octanol–water partition coefficient (Wildman–Crippen LogP) is 0.388. The van der Waals surface area contributed by atoms with Gasteiger partial charge in [0.15, 0.2) is 0 Å². The Balaban J connectivity index is 2.30. The molecule has 0 aromatic carbocycles. The molecule has 0 spiro atoms. The zero-order valence-corrected chi connectivity index (χ0v) is 5.21. The van der Waals surface area contributed by atoms with Gasteiger partial charge in [-0.25, -0.2) is 4.39 Å². The molecule has 0 radical (unpaired) electrons. The number of carboxylic acid groups (broad SMARTS) is 1. The molecule has 1 aliphatic carbocycles. The van der Waals surface area contributed by atoms with Gasteiger partial charge in [-0.05, 0) is 6.42 Å². The molecule has 0 saturated heterocycles. The Kier molecular flexibility index (Phi) is 1.70. The van der Waals surface area contributed by atoms with Crippen molar-refractivity contribution in [3.05, 3.63) is 0 Å². The molecule has 1 N–H and O–H groups in total. The van der Waals surface area contributed by atoms with Crippen LogP contribution in [0.5, 0.6) is 0 Å². The molecular weight excluding hydrogens is 139 g/mol. The highest BCUT2D eigenvalue weighted by Gasteiger charge is 2.43. The zero-order chi connectivity index (χ0) is 7.72. The van der Waals surface area contributed by atoms with Gasteiger partial charge < -0.3 is 5.11 Å². The maximum atomic E-state index is 12.1. The highest BCUT2D eigenvalue weighted by molar-refractivity contribution is 5.97. The lowest BCUT2D eigenvalue weighted by atomic mass is 10.2. The summed E-state index contributed by atoms with van der Waals surface area (Å²) in [6.45, 7) is 0. The molecule has 0 bridgehead atoms. The number of Topliss-reactive ketones (excluding diaryl/α,β-unsaturated/α-hetero) is 1. The number of carboxylic acids is 1. The number of hydrogen-bond donors (Lipinski definition) is 1. The van der Waals surface area contributed by atoms with Gasteiger partial charge in [-0.2, -0.15) is 0 Å². The second-order valence-corrected chi connectivity index (χ2v) is 2.40. The molecule has 1 aliphatic rings. The number of halogens is 1. The number of hydrogen-bond acceptors (Lipinski definition) is 2. The summed E-state index contributed by atoms with van der Waals surface area (Å²) in [4.78, 5) is 20.5. The standard InChI is InChI=1S/C6H7FO3/c7-4-1-3(4)5(8)2-6(9)10/h3-4H,1-2H2,(H,9,10)/t3-,4+/m0/s1. The Morgan fingerprint density at radius 2 is 2.10 bits per heavy atom. The Morgan fingerprint density at radius 3 is 2.40 bits per heavy atom. The lowest BCUT2D eigenvalue weighted by Gasteiger charge is -1.89. The zero-order valence-electron chi connectivity index (χ0n) is 5.21. The molecule has 0 amide bonds. The van der Waals surface area contributed by atoms with E-state index in [1.165, 1.54) is 0 Å². The van der Waals surface area contributed by atoms with Gasteiger partial charge in [-0.15, -0.1) is 0 Å². The SMILES string of the molecule is O=C(O)CC(=O)[C@H]1C[C@H]1F. The van der Waals surface area contributed by atoms with E-state index < -0.39 is 30.3 Å². The summed E-state index contributed by atoms with van der Waals surface area (Å²) in [6, 6.07) is 0. The van der Waals surface area contributed by atoms with Crippen molar-refractivity contribution >= 4 is 11.8 Å². The second-order valence-electron chi connectivity index (χ2n) is 2.40. The predicted molar refractivity (Wildman–Crippen MR) is 30.3 cm³/mol.